The summed E-state index contributed by atoms with van der Waals surface area (Å²) in [5.74, 6) is 0.585. The first-order chi connectivity index (χ1) is 13.8. The number of hydrogen-bond acceptors (Lipinski definition) is 3. The predicted molar refractivity (Wildman–Crippen MR) is 110 cm³/mol. The molecule has 0 atom stereocenters. The molecule has 1 heterocycles. The fraction of sp³-hybridized carbons (Fsp3) is 0.208. The minimum atomic E-state index is -0.276. The van der Waals surface area contributed by atoms with Crippen molar-refractivity contribution in [3.8, 4) is 5.75 Å². The van der Waals surface area contributed by atoms with E-state index in [0.717, 1.165) is 13.1 Å². The van der Waals surface area contributed by atoms with Gasteiger partial charge in [-0.1, -0.05) is 78.9 Å². The second-order valence-corrected chi connectivity index (χ2v) is 6.93. The van der Waals surface area contributed by atoms with Gasteiger partial charge in [-0.05, 0) is 23.3 Å². The van der Waals surface area contributed by atoms with Crippen molar-refractivity contribution in [2.45, 2.75) is 6.04 Å². The molecule has 4 nitrogen and oxygen atoms in total. The molecular weight excluding hydrogens is 348 g/mol. The van der Waals surface area contributed by atoms with Gasteiger partial charge >= 0.3 is 6.09 Å². The Labute approximate surface area is 166 Å². The molecule has 142 valence electrons. The van der Waals surface area contributed by atoms with Crippen LogP contribution in [0, 0.1) is 0 Å². The van der Waals surface area contributed by atoms with Crippen molar-refractivity contribution in [2.24, 2.45) is 0 Å². The van der Waals surface area contributed by atoms with Gasteiger partial charge in [0.2, 0.25) is 0 Å². The van der Waals surface area contributed by atoms with E-state index in [1.165, 1.54) is 11.1 Å². The Hall–Kier alpha value is -3.11. The van der Waals surface area contributed by atoms with Crippen LogP contribution in [0.15, 0.2) is 91.0 Å². The summed E-state index contributed by atoms with van der Waals surface area (Å²) in [7, 11) is 0. The molecule has 3 aromatic rings. The number of hydrogen-bond donors (Lipinski definition) is 0. The van der Waals surface area contributed by atoms with Crippen molar-refractivity contribution >= 4 is 6.09 Å². The lowest BCUT2D eigenvalue weighted by Crippen LogP contribution is -2.50. The Kier molecular flexibility index (Phi) is 5.69. The van der Waals surface area contributed by atoms with Crippen LogP contribution < -0.4 is 4.74 Å². The first-order valence-corrected chi connectivity index (χ1v) is 9.67. The predicted octanol–water partition coefficient (Wildman–Crippen LogP) is 4.59. The Morgan fingerprint density at radius 3 is 1.64 bits per heavy atom. The molecule has 0 radical (unpaired) electrons. The highest BCUT2D eigenvalue weighted by Crippen LogP contribution is 2.29. The zero-order valence-electron chi connectivity index (χ0n) is 15.8. The van der Waals surface area contributed by atoms with Gasteiger partial charge in [-0.3, -0.25) is 4.90 Å². The van der Waals surface area contributed by atoms with Crippen LogP contribution in [0.25, 0.3) is 0 Å². The fourth-order valence-electron chi connectivity index (χ4n) is 3.70. The van der Waals surface area contributed by atoms with Crippen LogP contribution >= 0.6 is 0 Å². The first kappa shape index (κ1) is 18.3. The zero-order valence-corrected chi connectivity index (χ0v) is 15.8. The van der Waals surface area contributed by atoms with E-state index in [4.69, 9.17) is 4.74 Å². The third-order valence-corrected chi connectivity index (χ3v) is 5.12. The van der Waals surface area contributed by atoms with Crippen LogP contribution in [0.5, 0.6) is 5.75 Å². The van der Waals surface area contributed by atoms with Gasteiger partial charge in [-0.15, -0.1) is 0 Å². The minimum absolute atomic E-state index is 0.190. The van der Waals surface area contributed by atoms with E-state index >= 15 is 0 Å². The van der Waals surface area contributed by atoms with Gasteiger partial charge in [0.25, 0.3) is 0 Å². The van der Waals surface area contributed by atoms with Gasteiger partial charge in [-0.2, -0.15) is 0 Å². The molecule has 1 saturated heterocycles. The highest BCUT2D eigenvalue weighted by molar-refractivity contribution is 5.70. The van der Waals surface area contributed by atoms with Crippen LogP contribution in [-0.2, 0) is 0 Å². The maximum absolute atomic E-state index is 12.5. The quantitative estimate of drug-likeness (QED) is 0.671. The molecule has 1 aliphatic heterocycles. The second-order valence-electron chi connectivity index (χ2n) is 6.93. The summed E-state index contributed by atoms with van der Waals surface area (Å²) in [6, 6.07) is 30.5. The van der Waals surface area contributed by atoms with Gasteiger partial charge in [0.1, 0.15) is 5.75 Å². The molecule has 0 aliphatic carbocycles. The van der Waals surface area contributed by atoms with E-state index in [2.05, 4.69) is 53.4 Å². The van der Waals surface area contributed by atoms with Crippen LogP contribution in [0.2, 0.25) is 0 Å². The molecule has 3 aromatic carbocycles. The minimum Gasteiger partial charge on any atom is -0.410 e. The molecule has 0 aromatic heterocycles. The van der Waals surface area contributed by atoms with E-state index in [1.807, 2.05) is 30.3 Å². The topological polar surface area (TPSA) is 32.8 Å². The third kappa shape index (κ3) is 4.24. The lowest BCUT2D eigenvalue weighted by molar-refractivity contribution is 0.0975. The monoisotopic (exact) mass is 372 g/mol. The summed E-state index contributed by atoms with van der Waals surface area (Å²) < 4.78 is 5.49. The molecule has 0 spiro atoms. The summed E-state index contributed by atoms with van der Waals surface area (Å²) in [6.07, 6.45) is -0.276. The highest BCUT2D eigenvalue weighted by Gasteiger charge is 2.28. The van der Waals surface area contributed by atoms with Crippen LogP contribution in [-0.4, -0.2) is 42.1 Å². The average Bonchev–Trinajstić information content (AvgIpc) is 2.77. The molecule has 4 rings (SSSR count). The Morgan fingerprint density at radius 2 is 1.14 bits per heavy atom. The summed E-state index contributed by atoms with van der Waals surface area (Å²) in [6.45, 7) is 2.92. The van der Waals surface area contributed by atoms with Gasteiger partial charge in [0, 0.05) is 26.2 Å². The van der Waals surface area contributed by atoms with Crippen molar-refractivity contribution in [1.29, 1.82) is 0 Å². The number of amides is 1. The van der Waals surface area contributed by atoms with Crippen molar-refractivity contribution in [2.75, 3.05) is 26.2 Å². The van der Waals surface area contributed by atoms with Crippen LogP contribution in [0.1, 0.15) is 17.2 Å². The van der Waals surface area contributed by atoms with Gasteiger partial charge in [0.05, 0.1) is 6.04 Å². The summed E-state index contributed by atoms with van der Waals surface area (Å²) in [5, 5.41) is 0. The molecule has 28 heavy (non-hydrogen) atoms. The highest BCUT2D eigenvalue weighted by atomic mass is 16.6. The van der Waals surface area contributed by atoms with Crippen molar-refractivity contribution < 1.29 is 9.53 Å². The first-order valence-electron chi connectivity index (χ1n) is 9.67. The zero-order chi connectivity index (χ0) is 19.2. The molecule has 0 bridgehead atoms. The molecule has 0 unspecified atom stereocenters. The Balaban J connectivity index is 1.45. The second kappa shape index (κ2) is 8.72. The number of benzene rings is 3. The largest absolute Gasteiger partial charge is 0.415 e. The van der Waals surface area contributed by atoms with E-state index in [1.54, 1.807) is 17.0 Å². The van der Waals surface area contributed by atoms with E-state index in [9.17, 15) is 4.79 Å². The molecule has 1 fully saturated rings. The standard InChI is InChI=1S/C24H24N2O2/c27-24(28-22-14-8-3-9-15-22)26-18-16-25(17-19-26)23(20-10-4-1-5-11-20)21-12-6-2-7-13-21/h1-15,23H,16-19H2. The number of carbonyl (C=O) groups excluding carboxylic acids is 1. The summed E-state index contributed by atoms with van der Waals surface area (Å²) >= 11 is 0. The van der Waals surface area contributed by atoms with E-state index in [0.29, 0.717) is 18.8 Å². The number of nitrogens with zero attached hydrogens (tertiary/aromatic N) is 2. The molecule has 0 saturated carbocycles. The van der Waals surface area contributed by atoms with Crippen LogP contribution in [0.4, 0.5) is 4.79 Å². The van der Waals surface area contributed by atoms with Crippen LogP contribution in [0.3, 0.4) is 0 Å². The lowest BCUT2D eigenvalue weighted by atomic mass is 9.96. The number of para-hydroxylation sites is 1. The van der Waals surface area contributed by atoms with Gasteiger partial charge < -0.3 is 9.64 Å². The van der Waals surface area contributed by atoms with Crippen molar-refractivity contribution in [3.63, 3.8) is 0 Å². The normalized spacial score (nSPS) is 14.8. The maximum Gasteiger partial charge on any atom is 0.415 e. The SMILES string of the molecule is O=C(Oc1ccccc1)N1CCN(C(c2ccccc2)c2ccccc2)CC1. The lowest BCUT2D eigenvalue weighted by Gasteiger charge is -2.39. The average molecular weight is 372 g/mol. The van der Waals surface area contributed by atoms with Gasteiger partial charge in [0.15, 0.2) is 0 Å². The molecule has 1 amide bonds. The maximum atomic E-state index is 12.5. The molecule has 1 aliphatic rings. The van der Waals surface area contributed by atoms with Crippen molar-refractivity contribution in [1.82, 2.24) is 9.80 Å². The van der Waals surface area contributed by atoms with Crippen molar-refractivity contribution in [3.05, 3.63) is 102 Å². The number of piperazine rings is 1. The van der Waals surface area contributed by atoms with E-state index in [-0.39, 0.29) is 12.1 Å². The van der Waals surface area contributed by atoms with E-state index < -0.39 is 0 Å². The molecule has 0 N–H and O–H groups in total. The third-order valence-electron chi connectivity index (χ3n) is 5.12. The Bertz CT molecular complexity index is 837. The smallest absolute Gasteiger partial charge is 0.410 e. The number of rotatable bonds is 4. The summed E-state index contributed by atoms with van der Waals surface area (Å²) in [4.78, 5) is 16.7. The van der Waals surface area contributed by atoms with Gasteiger partial charge in [-0.25, -0.2) is 4.79 Å². The fourth-order valence-corrected chi connectivity index (χ4v) is 3.70. The Morgan fingerprint density at radius 1 is 0.679 bits per heavy atom. The molecular formula is C24H24N2O2. The summed E-state index contributed by atoms with van der Waals surface area (Å²) in [5.41, 5.74) is 2.54. The number of carbonyl (C=O) groups is 1. The molecule has 4 heteroatoms. The number of ether oxygens (including phenoxy) is 1.